The van der Waals surface area contributed by atoms with Gasteiger partial charge in [0.25, 0.3) is 0 Å². The topological polar surface area (TPSA) is 81.7 Å². The zero-order chi connectivity index (χ0) is 15.2. The number of nitrogens with zero attached hydrogens (tertiary/aromatic N) is 1. The molecule has 0 bridgehead atoms. The fourth-order valence-electron chi connectivity index (χ4n) is 2.35. The van der Waals surface area contributed by atoms with Crippen molar-refractivity contribution in [1.82, 2.24) is 15.5 Å². The number of carbonyl (C=O) groups is 2. The molecule has 1 fully saturated rings. The van der Waals surface area contributed by atoms with Gasteiger partial charge in [-0.25, -0.2) is 4.79 Å². The van der Waals surface area contributed by atoms with E-state index >= 15 is 0 Å². The third kappa shape index (κ3) is 5.36. The number of aliphatic carboxylic acids is 1. The number of hydrogen-bond acceptors (Lipinski definition) is 3. The first kappa shape index (κ1) is 16.8. The standard InChI is InChI=1S/C14H27N3O3/c1-11(2)17(3)8-7-15-13(20)16-10-14(5-4-6-14)9-12(18)19/h11H,4-10H2,1-3H3,(H,18,19)(H2,15,16,20). The molecule has 1 rings (SSSR count). The summed E-state index contributed by atoms with van der Waals surface area (Å²) in [7, 11) is 2.01. The van der Waals surface area contributed by atoms with E-state index in [9.17, 15) is 9.59 Å². The highest BCUT2D eigenvalue weighted by Crippen LogP contribution is 2.43. The van der Waals surface area contributed by atoms with Crippen molar-refractivity contribution in [3.63, 3.8) is 0 Å². The predicted molar refractivity (Wildman–Crippen MR) is 77.7 cm³/mol. The van der Waals surface area contributed by atoms with Gasteiger partial charge < -0.3 is 20.6 Å². The van der Waals surface area contributed by atoms with Crippen LogP contribution in [0.25, 0.3) is 0 Å². The summed E-state index contributed by atoms with van der Waals surface area (Å²) in [6, 6.07) is 0.243. The van der Waals surface area contributed by atoms with Crippen molar-refractivity contribution in [2.75, 3.05) is 26.7 Å². The monoisotopic (exact) mass is 285 g/mol. The van der Waals surface area contributed by atoms with Gasteiger partial charge in [-0.2, -0.15) is 0 Å². The largest absolute Gasteiger partial charge is 0.481 e. The van der Waals surface area contributed by atoms with E-state index in [1.807, 2.05) is 7.05 Å². The summed E-state index contributed by atoms with van der Waals surface area (Å²) in [6.07, 6.45) is 2.96. The third-order valence-electron chi connectivity index (χ3n) is 4.20. The highest BCUT2D eigenvalue weighted by Gasteiger charge is 2.39. The minimum atomic E-state index is -0.787. The first-order valence-corrected chi connectivity index (χ1v) is 7.28. The van der Waals surface area contributed by atoms with Gasteiger partial charge >= 0.3 is 12.0 Å². The summed E-state index contributed by atoms with van der Waals surface area (Å²) in [5.74, 6) is -0.787. The first-order chi connectivity index (χ1) is 9.34. The lowest BCUT2D eigenvalue weighted by atomic mass is 9.66. The molecule has 20 heavy (non-hydrogen) atoms. The van der Waals surface area contributed by atoms with Crippen LogP contribution in [0.4, 0.5) is 4.79 Å². The van der Waals surface area contributed by atoms with Crippen LogP contribution >= 0.6 is 0 Å². The van der Waals surface area contributed by atoms with Crippen molar-refractivity contribution in [3.05, 3.63) is 0 Å². The SMILES string of the molecule is CC(C)N(C)CCNC(=O)NCC1(CC(=O)O)CCC1. The molecule has 0 aromatic heterocycles. The Labute approximate surface area is 120 Å². The van der Waals surface area contributed by atoms with Crippen molar-refractivity contribution in [3.8, 4) is 0 Å². The van der Waals surface area contributed by atoms with E-state index in [2.05, 4.69) is 29.4 Å². The van der Waals surface area contributed by atoms with Crippen molar-refractivity contribution < 1.29 is 14.7 Å². The first-order valence-electron chi connectivity index (χ1n) is 7.28. The Morgan fingerprint density at radius 2 is 1.95 bits per heavy atom. The minimum absolute atomic E-state index is 0.142. The molecule has 3 N–H and O–H groups in total. The van der Waals surface area contributed by atoms with Gasteiger partial charge in [0, 0.05) is 25.7 Å². The van der Waals surface area contributed by atoms with E-state index in [1.54, 1.807) is 0 Å². The molecule has 0 heterocycles. The lowest BCUT2D eigenvalue weighted by Gasteiger charge is -2.40. The lowest BCUT2D eigenvalue weighted by molar-refractivity contribution is -0.141. The Hall–Kier alpha value is -1.30. The van der Waals surface area contributed by atoms with Crippen LogP contribution in [0.3, 0.4) is 0 Å². The van der Waals surface area contributed by atoms with E-state index in [1.165, 1.54) is 0 Å². The maximum atomic E-state index is 11.7. The zero-order valence-corrected chi connectivity index (χ0v) is 12.7. The molecule has 1 saturated carbocycles. The maximum Gasteiger partial charge on any atom is 0.314 e. The summed E-state index contributed by atoms with van der Waals surface area (Å²) in [5, 5.41) is 14.5. The van der Waals surface area contributed by atoms with Crippen LogP contribution < -0.4 is 10.6 Å². The van der Waals surface area contributed by atoms with E-state index < -0.39 is 5.97 Å². The summed E-state index contributed by atoms with van der Waals surface area (Å²) in [5.41, 5.74) is -0.224. The number of rotatable bonds is 8. The summed E-state index contributed by atoms with van der Waals surface area (Å²) < 4.78 is 0. The van der Waals surface area contributed by atoms with Crippen LogP contribution in [0.1, 0.15) is 39.5 Å². The number of likely N-dealkylation sites (N-methyl/N-ethyl adjacent to an activating group) is 1. The highest BCUT2D eigenvalue weighted by atomic mass is 16.4. The van der Waals surface area contributed by atoms with Crippen LogP contribution in [0, 0.1) is 5.41 Å². The number of nitrogens with one attached hydrogen (secondary N) is 2. The molecule has 0 atom stereocenters. The van der Waals surface area contributed by atoms with Gasteiger partial charge in [0.2, 0.25) is 0 Å². The smallest absolute Gasteiger partial charge is 0.314 e. The van der Waals surface area contributed by atoms with Crippen molar-refractivity contribution in [2.45, 2.75) is 45.6 Å². The highest BCUT2D eigenvalue weighted by molar-refractivity contribution is 5.74. The van der Waals surface area contributed by atoms with Gasteiger partial charge in [0.05, 0.1) is 6.42 Å². The van der Waals surface area contributed by atoms with E-state index in [4.69, 9.17) is 5.11 Å². The average molecular weight is 285 g/mol. The fraction of sp³-hybridized carbons (Fsp3) is 0.857. The fourth-order valence-corrected chi connectivity index (χ4v) is 2.35. The third-order valence-corrected chi connectivity index (χ3v) is 4.20. The second kappa shape index (κ2) is 7.47. The number of urea groups is 1. The second-order valence-electron chi connectivity index (χ2n) is 6.11. The van der Waals surface area contributed by atoms with Gasteiger partial charge in [-0.1, -0.05) is 6.42 Å². The van der Waals surface area contributed by atoms with Crippen molar-refractivity contribution in [2.24, 2.45) is 5.41 Å². The normalized spacial score (nSPS) is 16.9. The minimum Gasteiger partial charge on any atom is -0.481 e. The van der Waals surface area contributed by atoms with Crippen LogP contribution in [-0.2, 0) is 4.79 Å². The Balaban J connectivity index is 2.20. The van der Waals surface area contributed by atoms with Crippen LogP contribution in [0.2, 0.25) is 0 Å². The zero-order valence-electron chi connectivity index (χ0n) is 12.7. The molecule has 0 aliphatic heterocycles. The molecule has 0 radical (unpaired) electrons. The number of carbonyl (C=O) groups excluding carboxylic acids is 1. The van der Waals surface area contributed by atoms with Crippen LogP contribution in [0.5, 0.6) is 0 Å². The molecule has 0 aromatic rings. The molecule has 1 aliphatic carbocycles. The molecular formula is C14H27N3O3. The number of amides is 2. The second-order valence-corrected chi connectivity index (χ2v) is 6.11. The quantitative estimate of drug-likeness (QED) is 0.627. The van der Waals surface area contributed by atoms with E-state index in [-0.39, 0.29) is 17.9 Å². The molecule has 1 aliphatic rings. The van der Waals surface area contributed by atoms with Gasteiger partial charge in [0.1, 0.15) is 0 Å². The van der Waals surface area contributed by atoms with Gasteiger partial charge in [0.15, 0.2) is 0 Å². The van der Waals surface area contributed by atoms with Gasteiger partial charge in [-0.15, -0.1) is 0 Å². The van der Waals surface area contributed by atoms with Gasteiger partial charge in [-0.3, -0.25) is 4.79 Å². The summed E-state index contributed by atoms with van der Waals surface area (Å²) >= 11 is 0. The molecule has 2 amide bonds. The molecule has 0 unspecified atom stereocenters. The Kier molecular flexibility index (Phi) is 6.26. The molecule has 0 saturated heterocycles. The Morgan fingerprint density at radius 3 is 2.40 bits per heavy atom. The maximum absolute atomic E-state index is 11.7. The van der Waals surface area contributed by atoms with Crippen molar-refractivity contribution in [1.29, 1.82) is 0 Å². The number of carboxylic acid groups (broad SMARTS) is 1. The molecular weight excluding hydrogens is 258 g/mol. The molecule has 6 heteroatoms. The summed E-state index contributed by atoms with van der Waals surface area (Å²) in [4.78, 5) is 24.7. The Morgan fingerprint density at radius 1 is 1.30 bits per heavy atom. The Bertz CT molecular complexity index is 341. The van der Waals surface area contributed by atoms with E-state index in [0.29, 0.717) is 19.1 Å². The number of hydrogen-bond donors (Lipinski definition) is 3. The van der Waals surface area contributed by atoms with Crippen LogP contribution in [0.15, 0.2) is 0 Å². The summed E-state index contributed by atoms with van der Waals surface area (Å²) in [6.45, 7) is 6.04. The molecule has 116 valence electrons. The van der Waals surface area contributed by atoms with Gasteiger partial charge in [-0.05, 0) is 39.2 Å². The van der Waals surface area contributed by atoms with Crippen molar-refractivity contribution >= 4 is 12.0 Å². The molecule has 6 nitrogen and oxygen atoms in total. The predicted octanol–water partition coefficient (Wildman–Crippen LogP) is 1.27. The number of carboxylic acids is 1. The molecule has 0 aromatic carbocycles. The lowest BCUT2D eigenvalue weighted by Crippen LogP contribution is -2.47. The van der Waals surface area contributed by atoms with E-state index in [0.717, 1.165) is 25.8 Å². The van der Waals surface area contributed by atoms with Crippen LogP contribution in [-0.4, -0.2) is 54.7 Å². The molecule has 0 spiro atoms. The average Bonchev–Trinajstić information content (AvgIpc) is 2.31.